The Morgan fingerprint density at radius 3 is 2.00 bits per heavy atom. The van der Waals surface area contributed by atoms with Crippen LogP contribution in [0.3, 0.4) is 0 Å². The Labute approximate surface area is 137 Å². The first kappa shape index (κ1) is 21.2. The van der Waals surface area contributed by atoms with Crippen molar-refractivity contribution in [3.05, 3.63) is 0 Å². The van der Waals surface area contributed by atoms with Gasteiger partial charge in [0.2, 0.25) is 0 Å². The van der Waals surface area contributed by atoms with Crippen molar-refractivity contribution in [1.29, 1.82) is 0 Å². The van der Waals surface area contributed by atoms with Crippen LogP contribution in [-0.2, 0) is 14.2 Å². The summed E-state index contributed by atoms with van der Waals surface area (Å²) in [6.07, 6.45) is 10.8. The molecule has 3 nitrogen and oxygen atoms in total. The van der Waals surface area contributed by atoms with Gasteiger partial charge in [-0.2, -0.15) is 12.6 Å². The number of ether oxygens (including phenoxy) is 3. The fourth-order valence-electron chi connectivity index (χ4n) is 2.18. The van der Waals surface area contributed by atoms with E-state index < -0.39 is 0 Å². The molecule has 0 aliphatic carbocycles. The fourth-order valence-corrected chi connectivity index (χ4v) is 2.41. The summed E-state index contributed by atoms with van der Waals surface area (Å²) in [7, 11) is 0. The zero-order valence-corrected chi connectivity index (χ0v) is 15.0. The van der Waals surface area contributed by atoms with Crippen molar-refractivity contribution in [2.45, 2.75) is 71.3 Å². The number of thiol groups is 1. The van der Waals surface area contributed by atoms with Crippen LogP contribution in [-0.4, -0.2) is 44.9 Å². The van der Waals surface area contributed by atoms with Crippen molar-refractivity contribution in [3.8, 4) is 0 Å². The molecule has 0 saturated heterocycles. The molecular formula is C17H36O3S. The van der Waals surface area contributed by atoms with Gasteiger partial charge in [0.1, 0.15) is 0 Å². The molecule has 0 rings (SSSR count). The Bertz CT molecular complexity index is 191. The average Bonchev–Trinajstić information content (AvgIpc) is 2.49. The summed E-state index contributed by atoms with van der Waals surface area (Å²) < 4.78 is 16.4. The Hall–Kier alpha value is 0.230. The van der Waals surface area contributed by atoms with Crippen LogP contribution in [0.1, 0.15) is 65.2 Å². The first-order chi connectivity index (χ1) is 10.3. The topological polar surface area (TPSA) is 27.7 Å². The van der Waals surface area contributed by atoms with E-state index in [0.29, 0.717) is 32.5 Å². The van der Waals surface area contributed by atoms with Crippen molar-refractivity contribution in [2.24, 2.45) is 0 Å². The Morgan fingerprint density at radius 2 is 1.33 bits per heavy atom. The van der Waals surface area contributed by atoms with E-state index in [1.54, 1.807) is 0 Å². The molecule has 0 aromatic carbocycles. The SMILES string of the molecule is CCOCCOCCOC(C)CCCCCCCCCS. The summed E-state index contributed by atoms with van der Waals surface area (Å²) in [4.78, 5) is 0. The lowest BCUT2D eigenvalue weighted by Crippen LogP contribution is -2.14. The van der Waals surface area contributed by atoms with Gasteiger partial charge in [-0.15, -0.1) is 0 Å². The second-order valence-electron chi connectivity index (χ2n) is 5.48. The lowest BCUT2D eigenvalue weighted by atomic mass is 10.1. The molecule has 0 aromatic heterocycles. The molecule has 0 aliphatic heterocycles. The summed E-state index contributed by atoms with van der Waals surface area (Å²) in [5, 5.41) is 0. The maximum absolute atomic E-state index is 5.73. The van der Waals surface area contributed by atoms with Crippen molar-refractivity contribution >= 4 is 12.6 Å². The molecule has 0 heterocycles. The quantitative estimate of drug-likeness (QED) is 0.316. The van der Waals surface area contributed by atoms with Crippen LogP contribution < -0.4 is 0 Å². The minimum Gasteiger partial charge on any atom is -0.379 e. The Kier molecular flexibility index (Phi) is 18.5. The van der Waals surface area contributed by atoms with Crippen LogP contribution in [0.15, 0.2) is 0 Å². The number of rotatable bonds is 17. The molecule has 1 atom stereocenters. The Morgan fingerprint density at radius 1 is 0.762 bits per heavy atom. The van der Waals surface area contributed by atoms with Gasteiger partial charge in [-0.3, -0.25) is 0 Å². The highest BCUT2D eigenvalue weighted by molar-refractivity contribution is 7.80. The lowest BCUT2D eigenvalue weighted by molar-refractivity contribution is -0.00744. The van der Waals surface area contributed by atoms with Gasteiger partial charge in [0.15, 0.2) is 0 Å². The maximum atomic E-state index is 5.73. The number of hydrogen-bond acceptors (Lipinski definition) is 4. The minimum absolute atomic E-state index is 0.352. The Balaban J connectivity index is 3.11. The highest BCUT2D eigenvalue weighted by Gasteiger charge is 2.02. The molecule has 0 radical (unpaired) electrons. The molecule has 0 saturated carbocycles. The second-order valence-corrected chi connectivity index (χ2v) is 5.93. The van der Waals surface area contributed by atoms with Gasteiger partial charge < -0.3 is 14.2 Å². The standard InChI is InChI=1S/C17H36O3S/c1-3-18-12-13-19-14-15-20-17(2)11-9-7-5-4-6-8-10-16-21/h17,21H,3-16H2,1-2H3. The molecule has 1 unspecified atom stereocenters. The largest absolute Gasteiger partial charge is 0.379 e. The molecule has 0 fully saturated rings. The van der Waals surface area contributed by atoms with Crippen molar-refractivity contribution in [1.82, 2.24) is 0 Å². The number of hydrogen-bond donors (Lipinski definition) is 1. The normalized spacial score (nSPS) is 12.7. The van der Waals surface area contributed by atoms with E-state index in [1.165, 1.54) is 44.9 Å². The van der Waals surface area contributed by atoms with Crippen molar-refractivity contribution in [2.75, 3.05) is 38.8 Å². The molecule has 0 aromatic rings. The van der Waals surface area contributed by atoms with Gasteiger partial charge in [0.05, 0.1) is 32.5 Å². The molecule has 0 amide bonds. The highest BCUT2D eigenvalue weighted by Crippen LogP contribution is 2.11. The van der Waals surface area contributed by atoms with E-state index in [1.807, 2.05) is 6.92 Å². The van der Waals surface area contributed by atoms with E-state index in [9.17, 15) is 0 Å². The van der Waals surface area contributed by atoms with E-state index >= 15 is 0 Å². The molecule has 128 valence electrons. The van der Waals surface area contributed by atoms with E-state index in [4.69, 9.17) is 14.2 Å². The predicted octanol–water partition coefficient (Wildman–Crippen LogP) is 4.50. The van der Waals surface area contributed by atoms with Crippen LogP contribution in [0.5, 0.6) is 0 Å². The van der Waals surface area contributed by atoms with Gasteiger partial charge >= 0.3 is 0 Å². The molecule has 0 N–H and O–H groups in total. The third-order valence-electron chi connectivity index (χ3n) is 3.47. The molecule has 0 spiro atoms. The molecule has 21 heavy (non-hydrogen) atoms. The van der Waals surface area contributed by atoms with Crippen molar-refractivity contribution < 1.29 is 14.2 Å². The van der Waals surface area contributed by atoms with Gasteiger partial charge in [0, 0.05) is 6.61 Å². The second kappa shape index (κ2) is 18.3. The van der Waals surface area contributed by atoms with Crippen LogP contribution in [0.2, 0.25) is 0 Å². The molecule has 0 aliphatic rings. The smallest absolute Gasteiger partial charge is 0.0704 e. The van der Waals surface area contributed by atoms with Crippen LogP contribution >= 0.6 is 12.6 Å². The fraction of sp³-hybridized carbons (Fsp3) is 1.00. The predicted molar refractivity (Wildman–Crippen MR) is 93.5 cm³/mol. The highest BCUT2D eigenvalue weighted by atomic mass is 32.1. The van der Waals surface area contributed by atoms with Gasteiger partial charge in [-0.05, 0) is 32.4 Å². The zero-order valence-electron chi connectivity index (χ0n) is 14.1. The van der Waals surface area contributed by atoms with Crippen LogP contribution in [0, 0.1) is 0 Å². The van der Waals surface area contributed by atoms with Gasteiger partial charge in [-0.25, -0.2) is 0 Å². The summed E-state index contributed by atoms with van der Waals surface area (Å²) in [5.74, 6) is 1.03. The third kappa shape index (κ3) is 18.2. The van der Waals surface area contributed by atoms with Crippen LogP contribution in [0.4, 0.5) is 0 Å². The monoisotopic (exact) mass is 320 g/mol. The molecule has 4 heteroatoms. The van der Waals surface area contributed by atoms with Gasteiger partial charge in [0.25, 0.3) is 0 Å². The lowest BCUT2D eigenvalue weighted by Gasteiger charge is -2.13. The summed E-state index contributed by atoms with van der Waals surface area (Å²) in [6, 6.07) is 0. The molecule has 0 bridgehead atoms. The summed E-state index contributed by atoms with van der Waals surface area (Å²) in [5.41, 5.74) is 0. The zero-order chi connectivity index (χ0) is 15.6. The van der Waals surface area contributed by atoms with E-state index in [-0.39, 0.29) is 0 Å². The third-order valence-corrected chi connectivity index (χ3v) is 3.79. The first-order valence-electron chi connectivity index (χ1n) is 8.69. The average molecular weight is 321 g/mol. The summed E-state index contributed by atoms with van der Waals surface area (Å²) in [6.45, 7) is 7.62. The van der Waals surface area contributed by atoms with Crippen LogP contribution in [0.25, 0.3) is 0 Å². The molecular weight excluding hydrogens is 284 g/mol. The first-order valence-corrected chi connectivity index (χ1v) is 9.32. The summed E-state index contributed by atoms with van der Waals surface area (Å²) >= 11 is 4.23. The van der Waals surface area contributed by atoms with Crippen molar-refractivity contribution in [3.63, 3.8) is 0 Å². The minimum atomic E-state index is 0.352. The van der Waals surface area contributed by atoms with E-state index in [2.05, 4.69) is 19.6 Å². The van der Waals surface area contributed by atoms with Gasteiger partial charge in [-0.1, -0.05) is 38.5 Å². The number of unbranched alkanes of at least 4 members (excludes halogenated alkanes) is 6. The maximum Gasteiger partial charge on any atom is 0.0704 e. The van der Waals surface area contributed by atoms with E-state index in [0.717, 1.165) is 18.8 Å².